The fraction of sp³-hybridized carbons (Fsp3) is 0.389. The molecule has 0 aliphatic rings. The number of carbonyl (C=O) groups excluding carboxylic acids is 1. The predicted octanol–water partition coefficient (Wildman–Crippen LogP) is 3.60. The first kappa shape index (κ1) is 17.0. The molecular formula is C18H22N4O3. The van der Waals surface area contributed by atoms with E-state index in [2.05, 4.69) is 31.1 Å². The molecule has 7 nitrogen and oxygen atoms in total. The quantitative estimate of drug-likeness (QED) is 0.732. The number of ether oxygens (including phenoxy) is 1. The Morgan fingerprint density at radius 3 is 2.48 bits per heavy atom. The van der Waals surface area contributed by atoms with Gasteiger partial charge in [0.15, 0.2) is 5.89 Å². The molecule has 3 aromatic rings. The molecule has 0 aliphatic carbocycles. The van der Waals surface area contributed by atoms with Crippen LogP contribution in [-0.2, 0) is 4.74 Å². The monoisotopic (exact) mass is 342 g/mol. The van der Waals surface area contributed by atoms with Crippen molar-refractivity contribution in [3.8, 4) is 11.4 Å². The molecule has 3 heterocycles. The molecule has 1 N–H and O–H groups in total. The summed E-state index contributed by atoms with van der Waals surface area (Å²) in [7, 11) is 1.36. The van der Waals surface area contributed by atoms with Gasteiger partial charge in [0.25, 0.3) is 0 Å². The van der Waals surface area contributed by atoms with Crippen LogP contribution < -0.4 is 5.32 Å². The van der Waals surface area contributed by atoms with Gasteiger partial charge in [-0.25, -0.2) is 14.8 Å². The highest BCUT2D eigenvalue weighted by Gasteiger charge is 2.23. The van der Waals surface area contributed by atoms with E-state index in [4.69, 9.17) is 14.1 Å². The van der Waals surface area contributed by atoms with Gasteiger partial charge in [-0.1, -0.05) is 0 Å². The van der Waals surface area contributed by atoms with Crippen LogP contribution in [0.4, 0.5) is 5.82 Å². The third-order valence-electron chi connectivity index (χ3n) is 3.66. The van der Waals surface area contributed by atoms with Crippen molar-refractivity contribution >= 4 is 17.4 Å². The molecule has 0 saturated carbocycles. The number of anilines is 1. The van der Waals surface area contributed by atoms with Crippen molar-refractivity contribution in [1.82, 2.24) is 14.4 Å². The van der Waals surface area contributed by atoms with E-state index in [0.29, 0.717) is 34.2 Å². The van der Waals surface area contributed by atoms with E-state index in [1.54, 1.807) is 25.3 Å². The number of aryl methyl sites for hydroxylation is 2. The lowest BCUT2D eigenvalue weighted by Crippen LogP contribution is -2.27. The number of oxazole rings is 1. The maximum Gasteiger partial charge on any atom is 0.339 e. The maximum absolute atomic E-state index is 11.9. The van der Waals surface area contributed by atoms with E-state index in [1.807, 2.05) is 11.3 Å². The van der Waals surface area contributed by atoms with Crippen molar-refractivity contribution in [2.75, 3.05) is 12.4 Å². The van der Waals surface area contributed by atoms with Gasteiger partial charge in [0.05, 0.1) is 12.7 Å². The summed E-state index contributed by atoms with van der Waals surface area (Å²) in [6.45, 7) is 9.84. The van der Waals surface area contributed by atoms with Crippen LogP contribution in [-0.4, -0.2) is 33.0 Å². The largest absolute Gasteiger partial charge is 0.465 e. The summed E-state index contributed by atoms with van der Waals surface area (Å²) in [6, 6.07) is 3.48. The number of pyridine rings is 1. The molecule has 0 amide bonds. The molecular weight excluding hydrogens is 320 g/mol. The third kappa shape index (κ3) is 3.22. The minimum absolute atomic E-state index is 0.210. The maximum atomic E-state index is 11.9. The average Bonchev–Trinajstić information content (AvgIpc) is 3.04. The topological polar surface area (TPSA) is 81.7 Å². The van der Waals surface area contributed by atoms with Gasteiger partial charge in [-0.2, -0.15) is 0 Å². The van der Waals surface area contributed by atoms with Gasteiger partial charge < -0.3 is 14.5 Å². The molecule has 0 aliphatic heterocycles. The summed E-state index contributed by atoms with van der Waals surface area (Å²) in [5.74, 6) is 1.64. The summed E-state index contributed by atoms with van der Waals surface area (Å²) < 4.78 is 12.2. The summed E-state index contributed by atoms with van der Waals surface area (Å²) in [5.41, 5.74) is 2.32. The molecule has 0 fully saturated rings. The van der Waals surface area contributed by atoms with Crippen LogP contribution in [0, 0.1) is 13.8 Å². The minimum atomic E-state index is -0.396. The highest BCUT2D eigenvalue weighted by molar-refractivity contribution is 5.90. The highest BCUT2D eigenvalue weighted by atomic mass is 16.5. The van der Waals surface area contributed by atoms with E-state index in [1.165, 1.54) is 7.11 Å². The second-order valence-corrected chi connectivity index (χ2v) is 6.96. The van der Waals surface area contributed by atoms with Crippen molar-refractivity contribution in [3.05, 3.63) is 35.5 Å². The number of aromatic nitrogens is 3. The van der Waals surface area contributed by atoms with Crippen molar-refractivity contribution in [1.29, 1.82) is 0 Å². The number of rotatable bonds is 3. The Morgan fingerprint density at radius 2 is 1.92 bits per heavy atom. The predicted molar refractivity (Wildman–Crippen MR) is 94.9 cm³/mol. The second-order valence-electron chi connectivity index (χ2n) is 6.96. The third-order valence-corrected chi connectivity index (χ3v) is 3.66. The number of nitrogens with zero attached hydrogens (tertiary/aromatic N) is 3. The Kier molecular flexibility index (Phi) is 4.02. The van der Waals surface area contributed by atoms with Crippen LogP contribution in [0.15, 0.2) is 22.7 Å². The molecule has 3 aromatic heterocycles. The minimum Gasteiger partial charge on any atom is -0.465 e. The zero-order chi connectivity index (χ0) is 18.4. The fourth-order valence-corrected chi connectivity index (χ4v) is 2.67. The van der Waals surface area contributed by atoms with E-state index in [9.17, 15) is 4.79 Å². The Morgan fingerprint density at radius 1 is 1.20 bits per heavy atom. The number of carbonyl (C=O) groups is 1. The highest BCUT2D eigenvalue weighted by Crippen LogP contribution is 2.32. The molecule has 0 spiro atoms. The Hall–Kier alpha value is -2.83. The number of imidazole rings is 1. The van der Waals surface area contributed by atoms with Crippen LogP contribution >= 0.6 is 0 Å². The van der Waals surface area contributed by atoms with E-state index in [0.717, 1.165) is 5.82 Å². The van der Waals surface area contributed by atoms with Gasteiger partial charge in [-0.05, 0) is 39.8 Å². The van der Waals surface area contributed by atoms with Crippen LogP contribution in [0.5, 0.6) is 0 Å². The fourth-order valence-electron chi connectivity index (χ4n) is 2.67. The van der Waals surface area contributed by atoms with Gasteiger partial charge in [-0.3, -0.25) is 4.40 Å². The van der Waals surface area contributed by atoms with Gasteiger partial charge >= 0.3 is 5.97 Å². The molecule has 7 heteroatoms. The molecule has 3 rings (SSSR count). The van der Waals surface area contributed by atoms with Gasteiger partial charge in [0.1, 0.15) is 28.6 Å². The lowest BCUT2D eigenvalue weighted by molar-refractivity contribution is 0.0600. The van der Waals surface area contributed by atoms with Gasteiger partial charge in [-0.15, -0.1) is 0 Å². The molecule has 132 valence electrons. The number of hydrogen-bond donors (Lipinski definition) is 1. The summed E-state index contributed by atoms with van der Waals surface area (Å²) in [4.78, 5) is 21.0. The number of esters is 1. The van der Waals surface area contributed by atoms with Gasteiger partial charge in [0, 0.05) is 18.7 Å². The standard InChI is InChI=1S/C18H22N4O3/c1-10-14(19-11(2)25-10)15-16(21-18(3,4)5)22-9-12(17(23)24-6)7-8-13(22)20-15/h7-9,21H,1-6H3. The molecule has 0 radical (unpaired) electrons. The summed E-state index contributed by atoms with van der Waals surface area (Å²) in [6.07, 6.45) is 1.72. The van der Waals surface area contributed by atoms with Gasteiger partial charge in [0.2, 0.25) is 0 Å². The first-order valence-electron chi connectivity index (χ1n) is 8.02. The number of nitrogens with one attached hydrogen (secondary N) is 1. The molecule has 0 atom stereocenters. The summed E-state index contributed by atoms with van der Waals surface area (Å²) >= 11 is 0. The van der Waals surface area contributed by atoms with E-state index >= 15 is 0 Å². The molecule has 0 unspecified atom stereocenters. The SMILES string of the molecule is COC(=O)c1ccc2nc(-c3nc(C)oc3C)c(NC(C)(C)C)n2c1. The number of methoxy groups -OCH3 is 1. The molecule has 0 bridgehead atoms. The smallest absolute Gasteiger partial charge is 0.339 e. The Bertz CT molecular complexity index is 947. The Balaban J connectivity index is 2.27. The number of hydrogen-bond acceptors (Lipinski definition) is 6. The molecule has 0 saturated heterocycles. The lowest BCUT2D eigenvalue weighted by Gasteiger charge is -2.22. The average molecular weight is 342 g/mol. The normalized spacial score (nSPS) is 11.8. The number of fused-ring (bicyclic) bond motifs is 1. The van der Waals surface area contributed by atoms with Crippen LogP contribution in [0.1, 0.15) is 42.8 Å². The van der Waals surface area contributed by atoms with Crippen molar-refractivity contribution in [2.24, 2.45) is 0 Å². The second kappa shape index (κ2) is 5.91. The van der Waals surface area contributed by atoms with E-state index in [-0.39, 0.29) is 5.54 Å². The first-order chi connectivity index (χ1) is 11.7. The zero-order valence-electron chi connectivity index (χ0n) is 15.3. The summed E-state index contributed by atoms with van der Waals surface area (Å²) in [5, 5.41) is 3.46. The van der Waals surface area contributed by atoms with Crippen molar-refractivity contribution in [2.45, 2.75) is 40.2 Å². The van der Waals surface area contributed by atoms with Crippen molar-refractivity contribution in [3.63, 3.8) is 0 Å². The lowest BCUT2D eigenvalue weighted by atomic mass is 10.1. The van der Waals surface area contributed by atoms with Crippen LogP contribution in [0.2, 0.25) is 0 Å². The molecule has 0 aromatic carbocycles. The Labute approximate surface area is 146 Å². The molecule has 25 heavy (non-hydrogen) atoms. The first-order valence-corrected chi connectivity index (χ1v) is 8.02. The van der Waals surface area contributed by atoms with Crippen LogP contribution in [0.3, 0.4) is 0 Å². The zero-order valence-corrected chi connectivity index (χ0v) is 15.3. The van der Waals surface area contributed by atoms with Crippen molar-refractivity contribution < 1.29 is 13.9 Å². The van der Waals surface area contributed by atoms with Crippen LogP contribution in [0.25, 0.3) is 17.0 Å². The van der Waals surface area contributed by atoms with E-state index < -0.39 is 5.97 Å².